The Balaban J connectivity index is 2.09. The van der Waals surface area contributed by atoms with E-state index < -0.39 is 8.07 Å². The van der Waals surface area contributed by atoms with E-state index in [1.54, 1.807) is 0 Å². The van der Waals surface area contributed by atoms with Gasteiger partial charge in [-0.25, -0.2) is 0 Å². The van der Waals surface area contributed by atoms with E-state index in [0.717, 1.165) is 16.6 Å². The first-order valence-corrected chi connectivity index (χ1v) is 11.1. The van der Waals surface area contributed by atoms with Crippen LogP contribution in [0.5, 0.6) is 0 Å². The third-order valence-corrected chi connectivity index (χ3v) is 13.5. The van der Waals surface area contributed by atoms with E-state index in [9.17, 15) is 0 Å². The molecule has 0 aromatic rings. The third-order valence-electron chi connectivity index (χ3n) is 6.04. The Morgan fingerprint density at radius 1 is 0.800 bits per heavy atom. The van der Waals surface area contributed by atoms with Crippen LogP contribution in [-0.2, 0) is 9.47 Å². The van der Waals surface area contributed by atoms with E-state index in [-0.39, 0.29) is 6.29 Å². The Morgan fingerprint density at radius 2 is 1.20 bits per heavy atom. The van der Waals surface area contributed by atoms with Crippen molar-refractivity contribution in [3.8, 4) is 0 Å². The lowest BCUT2D eigenvalue weighted by Crippen LogP contribution is -2.47. The lowest BCUT2D eigenvalue weighted by molar-refractivity contribution is -0.0515. The fourth-order valence-electron chi connectivity index (χ4n) is 4.89. The van der Waals surface area contributed by atoms with E-state index >= 15 is 0 Å². The van der Waals surface area contributed by atoms with Crippen LogP contribution in [0.2, 0.25) is 22.7 Å². The molecular weight excluding hydrogens is 264 g/mol. The van der Waals surface area contributed by atoms with Gasteiger partial charge in [0.2, 0.25) is 0 Å². The van der Waals surface area contributed by atoms with Crippen LogP contribution in [0.25, 0.3) is 0 Å². The molecule has 2 nitrogen and oxygen atoms in total. The van der Waals surface area contributed by atoms with Crippen molar-refractivity contribution in [2.75, 3.05) is 0 Å². The van der Waals surface area contributed by atoms with Gasteiger partial charge in [-0.1, -0.05) is 71.0 Å². The van der Waals surface area contributed by atoms with Crippen LogP contribution < -0.4 is 0 Å². The monoisotopic (exact) mass is 298 g/mol. The van der Waals surface area contributed by atoms with Crippen LogP contribution >= 0.6 is 0 Å². The van der Waals surface area contributed by atoms with Gasteiger partial charge < -0.3 is 9.47 Å². The van der Waals surface area contributed by atoms with Crippen molar-refractivity contribution < 1.29 is 9.47 Å². The van der Waals surface area contributed by atoms with Crippen LogP contribution in [0, 0.1) is 0 Å². The van der Waals surface area contributed by atoms with Gasteiger partial charge >= 0.3 is 0 Å². The zero-order chi connectivity index (χ0) is 14.9. The molecule has 1 unspecified atom stereocenters. The highest BCUT2D eigenvalue weighted by molar-refractivity contribution is 6.83. The van der Waals surface area contributed by atoms with Crippen LogP contribution in [0.3, 0.4) is 0 Å². The number of hydrogen-bond acceptors (Lipinski definition) is 2. The maximum Gasteiger partial charge on any atom is 0.156 e. The normalized spacial score (nSPS) is 31.4. The summed E-state index contributed by atoms with van der Waals surface area (Å²) in [7, 11) is -1.41. The molecule has 20 heavy (non-hydrogen) atoms. The summed E-state index contributed by atoms with van der Waals surface area (Å²) < 4.78 is 12.6. The average molecular weight is 299 g/mol. The summed E-state index contributed by atoms with van der Waals surface area (Å²) in [5, 5.41) is 0. The predicted octanol–water partition coefficient (Wildman–Crippen LogP) is 5.35. The van der Waals surface area contributed by atoms with Gasteiger partial charge in [-0.2, -0.15) is 0 Å². The van der Waals surface area contributed by atoms with E-state index in [4.69, 9.17) is 9.47 Å². The third kappa shape index (κ3) is 3.00. The molecule has 118 valence electrons. The van der Waals surface area contributed by atoms with Crippen LogP contribution in [0.1, 0.15) is 67.2 Å². The largest absolute Gasteiger partial charge is 0.347 e. The van der Waals surface area contributed by atoms with Crippen LogP contribution in [0.15, 0.2) is 0 Å². The maximum atomic E-state index is 6.28. The van der Waals surface area contributed by atoms with E-state index in [1.807, 2.05) is 0 Å². The van der Waals surface area contributed by atoms with Crippen molar-refractivity contribution in [1.82, 2.24) is 0 Å². The summed E-state index contributed by atoms with van der Waals surface area (Å²) in [6.45, 7) is 14.5. The molecule has 1 saturated carbocycles. The van der Waals surface area contributed by atoms with Gasteiger partial charge in [0.25, 0.3) is 0 Å². The Hall–Kier alpha value is 0.137. The minimum absolute atomic E-state index is 0.0852. The molecule has 1 aliphatic heterocycles. The molecule has 0 bridgehead atoms. The first kappa shape index (κ1) is 16.5. The molecule has 1 saturated heterocycles. The Morgan fingerprint density at radius 3 is 1.55 bits per heavy atom. The topological polar surface area (TPSA) is 18.5 Å². The zero-order valence-electron chi connectivity index (χ0n) is 14.3. The SMILES string of the molecule is CC(C)[Si](CC1O[C@H]2CCCC[C@H]2O1)(C(C)C)C(C)C. The van der Waals surface area contributed by atoms with Gasteiger partial charge in [-0.3, -0.25) is 0 Å². The second-order valence-corrected chi connectivity index (χ2v) is 13.9. The van der Waals surface area contributed by atoms with E-state index in [2.05, 4.69) is 41.5 Å². The summed E-state index contributed by atoms with van der Waals surface area (Å²) in [4.78, 5) is 0. The highest BCUT2D eigenvalue weighted by atomic mass is 28.3. The fraction of sp³-hybridized carbons (Fsp3) is 1.00. The lowest BCUT2D eigenvalue weighted by Gasteiger charge is -2.44. The highest BCUT2D eigenvalue weighted by Crippen LogP contribution is 2.47. The quantitative estimate of drug-likeness (QED) is 0.637. The van der Waals surface area contributed by atoms with E-state index in [1.165, 1.54) is 31.7 Å². The molecule has 0 amide bonds. The van der Waals surface area contributed by atoms with E-state index in [0.29, 0.717) is 12.2 Å². The molecule has 0 aromatic carbocycles. The summed E-state index contributed by atoms with van der Waals surface area (Å²) in [5.74, 6) is 0. The summed E-state index contributed by atoms with van der Waals surface area (Å²) in [5.41, 5.74) is 2.37. The number of hydrogen-bond donors (Lipinski definition) is 0. The Bertz CT molecular complexity index is 278. The standard InChI is InChI=1S/C17H34O2Si/c1-12(2)20(13(3)4,14(5)6)11-17-18-15-9-7-8-10-16(15)19-17/h12-17H,7-11H2,1-6H3/t15-,16+,17?. The molecule has 0 aromatic heterocycles. The van der Waals surface area contributed by atoms with Crippen molar-refractivity contribution in [2.24, 2.45) is 0 Å². The first-order valence-electron chi connectivity index (χ1n) is 8.68. The van der Waals surface area contributed by atoms with Crippen molar-refractivity contribution in [1.29, 1.82) is 0 Å². The highest BCUT2D eigenvalue weighted by Gasteiger charge is 2.48. The smallest absolute Gasteiger partial charge is 0.156 e. The zero-order valence-corrected chi connectivity index (χ0v) is 15.3. The number of ether oxygens (including phenoxy) is 2. The first-order chi connectivity index (χ1) is 9.37. The van der Waals surface area contributed by atoms with Crippen molar-refractivity contribution in [3.05, 3.63) is 0 Å². The molecule has 3 atom stereocenters. The van der Waals surface area contributed by atoms with Crippen molar-refractivity contribution in [2.45, 2.75) is 108 Å². The van der Waals surface area contributed by atoms with Gasteiger partial charge in [0.15, 0.2) is 6.29 Å². The van der Waals surface area contributed by atoms with Gasteiger partial charge in [0.1, 0.15) is 0 Å². The Labute approximate surface area is 126 Å². The molecule has 0 N–H and O–H groups in total. The van der Waals surface area contributed by atoms with Gasteiger partial charge in [0.05, 0.1) is 20.3 Å². The molecule has 1 heterocycles. The van der Waals surface area contributed by atoms with Crippen molar-refractivity contribution >= 4 is 8.07 Å². The van der Waals surface area contributed by atoms with Crippen LogP contribution in [0.4, 0.5) is 0 Å². The maximum absolute atomic E-state index is 6.28. The lowest BCUT2D eigenvalue weighted by atomic mass is 9.95. The molecule has 0 spiro atoms. The molecule has 2 fully saturated rings. The van der Waals surface area contributed by atoms with Gasteiger partial charge in [0, 0.05) is 0 Å². The molecule has 0 radical (unpaired) electrons. The molecular formula is C17H34O2Si. The fourth-order valence-corrected chi connectivity index (χ4v) is 11.1. The average Bonchev–Trinajstić information content (AvgIpc) is 2.76. The second kappa shape index (κ2) is 6.49. The minimum atomic E-state index is -1.41. The molecule has 2 aliphatic rings. The number of rotatable bonds is 5. The minimum Gasteiger partial charge on any atom is -0.347 e. The molecule has 3 heteroatoms. The molecule has 1 aliphatic carbocycles. The number of fused-ring (bicyclic) bond motifs is 1. The predicted molar refractivity (Wildman–Crippen MR) is 87.9 cm³/mol. The van der Waals surface area contributed by atoms with Gasteiger partial charge in [-0.05, 0) is 18.9 Å². The van der Waals surface area contributed by atoms with Gasteiger partial charge in [-0.15, -0.1) is 0 Å². The van der Waals surface area contributed by atoms with Crippen molar-refractivity contribution in [3.63, 3.8) is 0 Å². The molecule has 2 rings (SSSR count). The van der Waals surface area contributed by atoms with Crippen LogP contribution in [-0.4, -0.2) is 26.6 Å². The summed E-state index contributed by atoms with van der Waals surface area (Å²) in [6.07, 6.45) is 5.93. The Kier molecular flexibility index (Phi) is 5.36. The summed E-state index contributed by atoms with van der Waals surface area (Å²) >= 11 is 0. The second-order valence-electron chi connectivity index (χ2n) is 7.84. The summed E-state index contributed by atoms with van der Waals surface area (Å²) in [6, 6.07) is 1.19.